The summed E-state index contributed by atoms with van der Waals surface area (Å²) >= 11 is 0. The van der Waals surface area contributed by atoms with Crippen molar-refractivity contribution in [2.45, 2.75) is 25.9 Å². The van der Waals surface area contributed by atoms with Crippen LogP contribution in [0.4, 0.5) is 4.79 Å². The van der Waals surface area contributed by atoms with Crippen molar-refractivity contribution in [3.8, 4) is 0 Å². The molecule has 0 unspecified atom stereocenters. The average molecular weight is 285 g/mol. The Morgan fingerprint density at radius 3 is 2.50 bits per heavy atom. The van der Waals surface area contributed by atoms with Crippen LogP contribution in [0.2, 0.25) is 0 Å². The van der Waals surface area contributed by atoms with Gasteiger partial charge in [-0.25, -0.2) is 14.6 Å². The quantitative estimate of drug-likeness (QED) is 0.533. The Hall–Kier alpha value is -2.65. The molecule has 1 atom stereocenters. The summed E-state index contributed by atoms with van der Waals surface area (Å²) < 4.78 is 0. The smallest absolute Gasteiger partial charge is 0.326 e. The minimum atomic E-state index is -1.49. The second-order valence-electron chi connectivity index (χ2n) is 4.13. The first kappa shape index (κ1) is 15.4. The van der Waals surface area contributed by atoms with Crippen molar-refractivity contribution >= 4 is 18.0 Å². The van der Waals surface area contributed by atoms with Crippen molar-refractivity contribution < 1.29 is 24.6 Å². The minimum Gasteiger partial charge on any atom is -0.481 e. The molecular weight excluding hydrogens is 270 g/mol. The third kappa shape index (κ3) is 4.55. The third-order valence-electron chi connectivity index (χ3n) is 2.34. The molecule has 0 aromatic carbocycles. The molecule has 1 heterocycles. The summed E-state index contributed by atoms with van der Waals surface area (Å²) in [6.07, 6.45) is -0.700. The zero-order valence-electron chi connectivity index (χ0n) is 11.0. The first-order chi connectivity index (χ1) is 9.29. The Balaban J connectivity index is 2.59. The van der Waals surface area contributed by atoms with Gasteiger partial charge in [0.05, 0.1) is 13.0 Å². The van der Waals surface area contributed by atoms with Crippen molar-refractivity contribution in [1.82, 2.24) is 25.4 Å². The molecule has 0 aliphatic rings. The molecule has 0 saturated heterocycles. The predicted molar refractivity (Wildman–Crippen MR) is 64.8 cm³/mol. The second kappa shape index (κ2) is 6.50. The van der Waals surface area contributed by atoms with Gasteiger partial charge in [-0.1, -0.05) is 0 Å². The van der Waals surface area contributed by atoms with Gasteiger partial charge in [0, 0.05) is 7.05 Å². The zero-order valence-corrected chi connectivity index (χ0v) is 11.0. The van der Waals surface area contributed by atoms with Crippen molar-refractivity contribution in [2.75, 3.05) is 7.05 Å². The number of carboxylic acid groups (broad SMARTS) is 2. The maximum absolute atomic E-state index is 11.7. The molecule has 0 saturated carbocycles. The Labute approximate surface area is 113 Å². The highest BCUT2D eigenvalue weighted by Gasteiger charge is 2.24. The molecule has 2 amide bonds. The largest absolute Gasteiger partial charge is 0.481 e. The SMILES string of the molecule is Cc1nc(CN(C)C(=O)N[C@@H](CC(=O)O)C(=O)O)n[nH]1. The van der Waals surface area contributed by atoms with Gasteiger partial charge in [0.1, 0.15) is 11.9 Å². The van der Waals surface area contributed by atoms with E-state index in [-0.39, 0.29) is 6.54 Å². The number of carbonyl (C=O) groups is 3. The molecule has 1 aromatic rings. The van der Waals surface area contributed by atoms with Crippen LogP contribution in [0.3, 0.4) is 0 Å². The second-order valence-corrected chi connectivity index (χ2v) is 4.13. The Bertz CT molecular complexity index is 514. The van der Waals surface area contributed by atoms with Gasteiger partial charge in [-0.2, -0.15) is 5.10 Å². The van der Waals surface area contributed by atoms with Gasteiger partial charge < -0.3 is 20.4 Å². The fraction of sp³-hybridized carbons (Fsp3) is 0.500. The number of carboxylic acids is 2. The summed E-state index contributed by atoms with van der Waals surface area (Å²) in [4.78, 5) is 38.2. The Morgan fingerprint density at radius 1 is 1.40 bits per heavy atom. The van der Waals surface area contributed by atoms with E-state index < -0.39 is 30.4 Å². The standard InChI is InChI=1S/C10H15N5O5/c1-5-11-7(14-13-5)4-15(2)10(20)12-6(9(18)19)3-8(16)17/h6H,3-4H2,1-2H3,(H,12,20)(H,16,17)(H,18,19)(H,11,13,14)/t6-/m0/s1. The first-order valence-electron chi connectivity index (χ1n) is 5.63. The summed E-state index contributed by atoms with van der Waals surface area (Å²) in [7, 11) is 1.42. The van der Waals surface area contributed by atoms with Gasteiger partial charge in [0.25, 0.3) is 0 Å². The average Bonchev–Trinajstić information content (AvgIpc) is 2.72. The number of H-pyrrole nitrogens is 1. The Kier molecular flexibility index (Phi) is 5.01. The predicted octanol–water partition coefficient (Wildman–Crippen LogP) is -0.818. The number of hydrogen-bond donors (Lipinski definition) is 4. The number of urea groups is 1. The van der Waals surface area contributed by atoms with E-state index in [1.165, 1.54) is 7.05 Å². The van der Waals surface area contributed by atoms with Crippen LogP contribution in [0.25, 0.3) is 0 Å². The van der Waals surface area contributed by atoms with E-state index in [2.05, 4.69) is 20.5 Å². The fourth-order valence-corrected chi connectivity index (χ4v) is 1.38. The molecular formula is C10H15N5O5. The van der Waals surface area contributed by atoms with Gasteiger partial charge >= 0.3 is 18.0 Å². The van der Waals surface area contributed by atoms with E-state index in [9.17, 15) is 14.4 Å². The van der Waals surface area contributed by atoms with Gasteiger partial charge in [-0.05, 0) is 6.92 Å². The lowest BCUT2D eigenvalue weighted by Gasteiger charge is -2.19. The lowest BCUT2D eigenvalue weighted by Crippen LogP contribution is -2.47. The van der Waals surface area contributed by atoms with Crippen LogP contribution in [0.5, 0.6) is 0 Å². The summed E-state index contributed by atoms with van der Waals surface area (Å²) in [5.41, 5.74) is 0. The maximum Gasteiger partial charge on any atom is 0.326 e. The van der Waals surface area contributed by atoms with Crippen LogP contribution in [-0.4, -0.2) is 61.4 Å². The monoisotopic (exact) mass is 285 g/mol. The van der Waals surface area contributed by atoms with Crippen LogP contribution in [0.15, 0.2) is 0 Å². The highest BCUT2D eigenvalue weighted by atomic mass is 16.4. The van der Waals surface area contributed by atoms with E-state index in [4.69, 9.17) is 10.2 Å². The molecule has 1 aromatic heterocycles. The van der Waals surface area contributed by atoms with Crippen LogP contribution < -0.4 is 5.32 Å². The van der Waals surface area contributed by atoms with Gasteiger partial charge in [-0.15, -0.1) is 0 Å². The molecule has 0 radical (unpaired) electrons. The number of aromatic amines is 1. The summed E-state index contributed by atoms with van der Waals surface area (Å²) in [6.45, 7) is 1.76. The van der Waals surface area contributed by atoms with E-state index in [1.807, 2.05) is 0 Å². The number of hydrogen-bond acceptors (Lipinski definition) is 5. The summed E-state index contributed by atoms with van der Waals surface area (Å²) in [5.74, 6) is -1.78. The maximum atomic E-state index is 11.7. The van der Waals surface area contributed by atoms with Crippen LogP contribution in [0.1, 0.15) is 18.1 Å². The van der Waals surface area contributed by atoms with Gasteiger partial charge in [0.15, 0.2) is 5.82 Å². The number of aromatic nitrogens is 3. The van der Waals surface area contributed by atoms with Crippen molar-refractivity contribution in [3.05, 3.63) is 11.6 Å². The molecule has 10 heteroatoms. The number of nitrogens with zero attached hydrogens (tertiary/aromatic N) is 3. The van der Waals surface area contributed by atoms with Gasteiger partial charge in [-0.3, -0.25) is 9.89 Å². The molecule has 0 bridgehead atoms. The molecule has 4 N–H and O–H groups in total. The van der Waals surface area contributed by atoms with E-state index >= 15 is 0 Å². The van der Waals surface area contributed by atoms with Gasteiger partial charge in [0.2, 0.25) is 0 Å². The molecule has 0 aliphatic carbocycles. The fourth-order valence-electron chi connectivity index (χ4n) is 1.38. The first-order valence-corrected chi connectivity index (χ1v) is 5.63. The number of rotatable bonds is 6. The topological polar surface area (TPSA) is 149 Å². The normalized spacial score (nSPS) is 11.7. The molecule has 0 fully saturated rings. The molecule has 0 spiro atoms. The summed E-state index contributed by atoms with van der Waals surface area (Å²) in [5, 5.41) is 25.9. The number of nitrogens with one attached hydrogen (secondary N) is 2. The summed E-state index contributed by atoms with van der Waals surface area (Å²) in [6, 6.07) is -2.21. The van der Waals surface area contributed by atoms with Crippen molar-refractivity contribution in [2.24, 2.45) is 0 Å². The molecule has 110 valence electrons. The third-order valence-corrected chi connectivity index (χ3v) is 2.34. The minimum absolute atomic E-state index is 0.0651. The van der Waals surface area contributed by atoms with E-state index in [0.717, 1.165) is 4.90 Å². The zero-order chi connectivity index (χ0) is 15.3. The van der Waals surface area contributed by atoms with Crippen molar-refractivity contribution in [1.29, 1.82) is 0 Å². The Morgan fingerprint density at radius 2 is 2.05 bits per heavy atom. The van der Waals surface area contributed by atoms with Crippen LogP contribution in [-0.2, 0) is 16.1 Å². The van der Waals surface area contributed by atoms with Crippen LogP contribution in [0, 0.1) is 6.92 Å². The van der Waals surface area contributed by atoms with Crippen LogP contribution >= 0.6 is 0 Å². The lowest BCUT2D eigenvalue weighted by molar-refractivity contribution is -0.145. The van der Waals surface area contributed by atoms with E-state index in [1.54, 1.807) is 6.92 Å². The molecule has 1 rings (SSSR count). The highest BCUT2D eigenvalue weighted by Crippen LogP contribution is 1.99. The number of amides is 2. The number of aryl methyl sites for hydroxylation is 1. The lowest BCUT2D eigenvalue weighted by atomic mass is 10.2. The van der Waals surface area contributed by atoms with E-state index in [0.29, 0.717) is 11.6 Å². The molecule has 10 nitrogen and oxygen atoms in total. The molecule has 0 aliphatic heterocycles. The number of aliphatic carboxylic acids is 2. The highest BCUT2D eigenvalue weighted by molar-refractivity contribution is 5.86. The number of carbonyl (C=O) groups excluding carboxylic acids is 1. The van der Waals surface area contributed by atoms with Crippen molar-refractivity contribution in [3.63, 3.8) is 0 Å². The molecule has 20 heavy (non-hydrogen) atoms.